The van der Waals surface area contributed by atoms with Gasteiger partial charge in [0.15, 0.2) is 0 Å². The summed E-state index contributed by atoms with van der Waals surface area (Å²) in [6.07, 6.45) is 0.997. The van der Waals surface area contributed by atoms with Crippen LogP contribution in [-0.4, -0.2) is 22.0 Å². The normalized spacial score (nSPS) is 11.2. The van der Waals surface area contributed by atoms with Crippen LogP contribution < -0.4 is 5.32 Å². The Morgan fingerprint density at radius 3 is 2.71 bits per heavy atom. The van der Waals surface area contributed by atoms with Crippen molar-refractivity contribution in [2.45, 2.75) is 37.4 Å². The van der Waals surface area contributed by atoms with E-state index in [9.17, 15) is 0 Å². The number of aryl methyl sites for hydroxylation is 3. The highest BCUT2D eigenvalue weighted by molar-refractivity contribution is 7.99. The number of aromatic nitrogens is 3. The quantitative estimate of drug-likeness (QED) is 0.732. The van der Waals surface area contributed by atoms with Crippen LogP contribution in [0, 0.1) is 13.8 Å². The minimum Gasteiger partial charge on any atom is -0.436 e. The van der Waals surface area contributed by atoms with Crippen molar-refractivity contribution in [2.75, 3.05) is 12.4 Å². The van der Waals surface area contributed by atoms with Crippen molar-refractivity contribution in [3.05, 3.63) is 22.4 Å². The van der Waals surface area contributed by atoms with Crippen molar-refractivity contribution < 1.29 is 4.42 Å². The molecule has 3 rings (SSSR count). The lowest BCUT2D eigenvalue weighted by molar-refractivity contribution is 0.431. The highest BCUT2D eigenvalue weighted by Gasteiger charge is 2.15. The molecule has 0 bridgehead atoms. The molecule has 0 unspecified atom stereocenters. The highest BCUT2D eigenvalue weighted by atomic mass is 32.2. The van der Waals surface area contributed by atoms with E-state index in [2.05, 4.69) is 33.3 Å². The molecule has 5 nitrogen and oxygen atoms in total. The van der Waals surface area contributed by atoms with Crippen LogP contribution >= 0.6 is 23.1 Å². The molecule has 21 heavy (non-hydrogen) atoms. The molecule has 0 saturated heterocycles. The van der Waals surface area contributed by atoms with Crippen molar-refractivity contribution >= 4 is 39.3 Å². The number of hydrogen-bond donors (Lipinski definition) is 1. The topological polar surface area (TPSA) is 63.8 Å². The van der Waals surface area contributed by atoms with E-state index in [1.54, 1.807) is 11.3 Å². The fourth-order valence-electron chi connectivity index (χ4n) is 1.88. The first kappa shape index (κ1) is 14.3. The van der Waals surface area contributed by atoms with E-state index >= 15 is 0 Å². The molecule has 0 fully saturated rings. The fraction of sp³-hybridized carbons (Fsp3) is 0.357. The van der Waals surface area contributed by atoms with E-state index in [-0.39, 0.29) is 0 Å². The number of hydrogen-bond acceptors (Lipinski definition) is 7. The summed E-state index contributed by atoms with van der Waals surface area (Å²) in [7, 11) is 1.82. The van der Waals surface area contributed by atoms with Gasteiger partial charge in [-0.1, -0.05) is 6.92 Å². The van der Waals surface area contributed by atoms with E-state index in [0.717, 1.165) is 33.1 Å². The summed E-state index contributed by atoms with van der Waals surface area (Å²) in [5.74, 6) is 1.46. The molecule has 7 heteroatoms. The maximum Gasteiger partial charge on any atom is 0.262 e. The lowest BCUT2D eigenvalue weighted by Crippen LogP contribution is -1.96. The first-order valence-corrected chi connectivity index (χ1v) is 8.34. The van der Waals surface area contributed by atoms with Crippen molar-refractivity contribution in [3.63, 3.8) is 0 Å². The second-order valence-corrected chi connectivity index (χ2v) is 6.67. The molecule has 0 spiro atoms. The Labute approximate surface area is 131 Å². The number of fused-ring (bicyclic) bond motifs is 1. The molecule has 0 aliphatic heterocycles. The van der Waals surface area contributed by atoms with Crippen molar-refractivity contribution in [3.8, 4) is 0 Å². The second-order valence-electron chi connectivity index (χ2n) is 4.61. The van der Waals surface area contributed by atoms with Crippen LogP contribution in [0.5, 0.6) is 0 Å². The smallest absolute Gasteiger partial charge is 0.262 e. The molecular formula is C14H16N4OS2. The number of anilines is 1. The molecule has 0 aliphatic rings. The van der Waals surface area contributed by atoms with Crippen LogP contribution in [0.25, 0.3) is 10.2 Å². The van der Waals surface area contributed by atoms with Gasteiger partial charge < -0.3 is 9.73 Å². The first-order valence-electron chi connectivity index (χ1n) is 6.70. The van der Waals surface area contributed by atoms with Gasteiger partial charge in [0.05, 0.1) is 5.69 Å². The Bertz CT molecular complexity index is 774. The van der Waals surface area contributed by atoms with Crippen LogP contribution in [-0.2, 0) is 6.42 Å². The van der Waals surface area contributed by atoms with Gasteiger partial charge in [-0.05, 0) is 38.1 Å². The van der Waals surface area contributed by atoms with Crippen molar-refractivity contribution in [1.82, 2.24) is 15.0 Å². The van der Waals surface area contributed by atoms with E-state index in [4.69, 9.17) is 4.42 Å². The van der Waals surface area contributed by atoms with Gasteiger partial charge in [-0.25, -0.2) is 15.0 Å². The lowest BCUT2D eigenvalue weighted by Gasteiger charge is -2.02. The number of nitrogens with zero attached hydrogens (tertiary/aromatic N) is 3. The van der Waals surface area contributed by atoms with Gasteiger partial charge in [0, 0.05) is 17.3 Å². The zero-order valence-electron chi connectivity index (χ0n) is 12.4. The summed E-state index contributed by atoms with van der Waals surface area (Å²) in [5.41, 5.74) is 0.913. The Morgan fingerprint density at radius 2 is 2.10 bits per heavy atom. The molecule has 3 heterocycles. The summed E-state index contributed by atoms with van der Waals surface area (Å²) in [5, 5.41) is 5.57. The highest BCUT2D eigenvalue weighted by Crippen LogP contribution is 2.36. The molecular weight excluding hydrogens is 304 g/mol. The number of thiophene rings is 1. The Morgan fingerprint density at radius 1 is 1.29 bits per heavy atom. The van der Waals surface area contributed by atoms with Crippen LogP contribution in [0.1, 0.15) is 23.3 Å². The fourth-order valence-corrected chi connectivity index (χ4v) is 3.82. The monoisotopic (exact) mass is 320 g/mol. The third-order valence-corrected chi connectivity index (χ3v) is 5.20. The van der Waals surface area contributed by atoms with Gasteiger partial charge >= 0.3 is 0 Å². The first-order chi connectivity index (χ1) is 10.1. The Balaban J connectivity index is 2.08. The van der Waals surface area contributed by atoms with Gasteiger partial charge in [-0.2, -0.15) is 0 Å². The van der Waals surface area contributed by atoms with Crippen molar-refractivity contribution in [1.29, 1.82) is 0 Å². The average molecular weight is 320 g/mol. The largest absolute Gasteiger partial charge is 0.436 e. The Kier molecular flexibility index (Phi) is 3.86. The van der Waals surface area contributed by atoms with E-state index in [1.165, 1.54) is 16.6 Å². The molecule has 0 aliphatic carbocycles. The summed E-state index contributed by atoms with van der Waals surface area (Å²) in [4.78, 5) is 15.8. The van der Waals surface area contributed by atoms with Gasteiger partial charge in [0.1, 0.15) is 15.6 Å². The Hall–Kier alpha value is -1.60. The van der Waals surface area contributed by atoms with Crippen LogP contribution in [0.4, 0.5) is 5.95 Å². The van der Waals surface area contributed by atoms with Gasteiger partial charge in [0.25, 0.3) is 5.22 Å². The number of rotatable bonds is 4. The molecule has 0 amide bonds. The summed E-state index contributed by atoms with van der Waals surface area (Å²) >= 11 is 3.15. The standard InChI is InChI=1S/C14H16N4OS2/c1-5-9-6-10-11(20-9)17-13(15-4)18-12(10)21-14-16-7(2)8(3)19-14/h6H,5H2,1-4H3,(H,15,17,18). The van der Waals surface area contributed by atoms with Crippen LogP contribution in [0.15, 0.2) is 20.7 Å². The molecule has 0 saturated carbocycles. The van der Waals surface area contributed by atoms with E-state index in [0.29, 0.717) is 11.2 Å². The molecule has 0 radical (unpaired) electrons. The predicted octanol–water partition coefficient (Wildman–Crippen LogP) is 4.05. The van der Waals surface area contributed by atoms with E-state index in [1.807, 2.05) is 20.9 Å². The minimum absolute atomic E-state index is 0.620. The van der Waals surface area contributed by atoms with Crippen LogP contribution in [0.3, 0.4) is 0 Å². The molecule has 110 valence electrons. The maximum atomic E-state index is 5.65. The zero-order chi connectivity index (χ0) is 15.0. The summed E-state index contributed by atoms with van der Waals surface area (Å²) in [6, 6.07) is 2.16. The second kappa shape index (κ2) is 5.65. The van der Waals surface area contributed by atoms with Crippen molar-refractivity contribution in [2.24, 2.45) is 0 Å². The van der Waals surface area contributed by atoms with E-state index < -0.39 is 0 Å². The predicted molar refractivity (Wildman–Crippen MR) is 86.4 cm³/mol. The zero-order valence-corrected chi connectivity index (χ0v) is 14.0. The maximum absolute atomic E-state index is 5.65. The lowest BCUT2D eigenvalue weighted by atomic mass is 10.3. The van der Waals surface area contributed by atoms with Gasteiger partial charge in [-0.15, -0.1) is 11.3 Å². The number of nitrogens with one attached hydrogen (secondary N) is 1. The summed E-state index contributed by atoms with van der Waals surface area (Å²) in [6.45, 7) is 6.00. The molecule has 0 atom stereocenters. The average Bonchev–Trinajstić information content (AvgIpc) is 3.02. The SMILES string of the molecule is CCc1cc2c(Sc3nc(C)c(C)o3)nc(NC)nc2s1. The molecule has 0 aromatic carbocycles. The summed E-state index contributed by atoms with van der Waals surface area (Å²) < 4.78 is 5.65. The molecule has 1 N–H and O–H groups in total. The van der Waals surface area contributed by atoms with Crippen LogP contribution in [0.2, 0.25) is 0 Å². The molecule has 3 aromatic heterocycles. The minimum atomic E-state index is 0.620. The third-order valence-electron chi connectivity index (χ3n) is 3.17. The number of oxazole rings is 1. The molecule has 3 aromatic rings. The van der Waals surface area contributed by atoms with Gasteiger partial charge in [-0.3, -0.25) is 0 Å². The van der Waals surface area contributed by atoms with Gasteiger partial charge in [0.2, 0.25) is 5.95 Å². The third kappa shape index (κ3) is 2.75.